The number of alkyl halides is 1. The molecular weight excluding hydrogens is 270 g/mol. The van der Waals surface area contributed by atoms with Gasteiger partial charge in [-0.05, 0) is 38.0 Å². The van der Waals surface area contributed by atoms with Crippen molar-refractivity contribution in [2.75, 3.05) is 13.1 Å². The van der Waals surface area contributed by atoms with Crippen LogP contribution in [0.3, 0.4) is 0 Å². The Hall–Kier alpha value is -0.0900. The molecule has 1 aliphatic carbocycles. The molecule has 0 aromatic rings. The highest BCUT2D eigenvalue weighted by Gasteiger charge is 2.38. The topological polar surface area (TPSA) is 40.5 Å². The van der Waals surface area contributed by atoms with E-state index in [1.807, 2.05) is 4.90 Å². The lowest BCUT2D eigenvalue weighted by molar-refractivity contribution is -0.131. The third-order valence-electron chi connectivity index (χ3n) is 3.92. The van der Waals surface area contributed by atoms with Crippen LogP contribution in [0.25, 0.3) is 0 Å². The number of nitrogens with zero attached hydrogens (tertiary/aromatic N) is 1. The van der Waals surface area contributed by atoms with Crippen molar-refractivity contribution in [3.8, 4) is 0 Å². The van der Waals surface area contributed by atoms with Crippen LogP contribution in [0, 0.1) is 5.92 Å². The van der Waals surface area contributed by atoms with Crippen LogP contribution in [0.2, 0.25) is 0 Å². The fraction of sp³-hybridized carbons (Fsp3) is 0.917. The third-order valence-corrected chi connectivity index (χ3v) is 4.77. The van der Waals surface area contributed by atoms with E-state index in [1.165, 1.54) is 0 Å². The van der Waals surface area contributed by atoms with Crippen molar-refractivity contribution in [1.82, 2.24) is 4.90 Å². The van der Waals surface area contributed by atoms with Gasteiger partial charge < -0.3 is 10.0 Å². The average molecular weight is 290 g/mol. The fourth-order valence-corrected chi connectivity index (χ4v) is 3.17. The molecule has 2 aliphatic rings. The summed E-state index contributed by atoms with van der Waals surface area (Å²) < 4.78 is 0. The molecule has 0 spiro atoms. The van der Waals surface area contributed by atoms with Crippen LogP contribution >= 0.6 is 15.9 Å². The number of β-amino-alcohol motifs (C(OH)–C–C–N with tert-alkyl or cyclic N) is 1. The van der Waals surface area contributed by atoms with Gasteiger partial charge in [-0.25, -0.2) is 0 Å². The summed E-state index contributed by atoms with van der Waals surface area (Å²) in [7, 11) is 0. The molecule has 2 fully saturated rings. The van der Waals surface area contributed by atoms with Crippen LogP contribution in [-0.2, 0) is 4.79 Å². The Bertz CT molecular complexity index is 274. The molecule has 1 heterocycles. The van der Waals surface area contributed by atoms with Gasteiger partial charge in [-0.1, -0.05) is 22.9 Å². The van der Waals surface area contributed by atoms with Gasteiger partial charge in [0.2, 0.25) is 5.91 Å². The van der Waals surface area contributed by atoms with Gasteiger partial charge in [-0.15, -0.1) is 0 Å². The Morgan fingerprint density at radius 3 is 2.56 bits per heavy atom. The molecule has 1 atom stereocenters. The molecule has 0 bridgehead atoms. The molecule has 1 saturated heterocycles. The van der Waals surface area contributed by atoms with Crippen molar-refractivity contribution in [2.45, 2.75) is 49.5 Å². The molecule has 0 aromatic heterocycles. The number of aliphatic hydroxyl groups is 1. The van der Waals surface area contributed by atoms with E-state index in [0.29, 0.717) is 6.54 Å². The number of amides is 1. The van der Waals surface area contributed by atoms with Crippen molar-refractivity contribution in [1.29, 1.82) is 0 Å². The Kier molecular flexibility index (Phi) is 3.59. The van der Waals surface area contributed by atoms with E-state index in [4.69, 9.17) is 0 Å². The van der Waals surface area contributed by atoms with Gasteiger partial charge in [0.15, 0.2) is 0 Å². The van der Waals surface area contributed by atoms with Gasteiger partial charge in [-0.3, -0.25) is 4.79 Å². The molecule has 1 amide bonds. The first-order valence-corrected chi connectivity index (χ1v) is 7.07. The van der Waals surface area contributed by atoms with Gasteiger partial charge in [0.05, 0.1) is 10.4 Å². The maximum atomic E-state index is 11.8. The first-order chi connectivity index (χ1) is 7.50. The number of rotatable bonds is 2. The average Bonchev–Trinajstić information content (AvgIpc) is 2.55. The summed E-state index contributed by atoms with van der Waals surface area (Å²) in [5, 5.41) is 10.4. The lowest BCUT2D eigenvalue weighted by atomic mass is 9.79. The van der Waals surface area contributed by atoms with Crippen LogP contribution < -0.4 is 0 Å². The van der Waals surface area contributed by atoms with Gasteiger partial charge in [0.25, 0.3) is 0 Å². The zero-order valence-corrected chi connectivity index (χ0v) is 11.4. The number of carbonyl (C=O) groups excluding carboxylic acids is 1. The molecule has 1 saturated carbocycles. The summed E-state index contributed by atoms with van der Waals surface area (Å²) in [5.74, 6) is 0.866. The number of carbonyl (C=O) groups is 1. The van der Waals surface area contributed by atoms with Gasteiger partial charge in [-0.2, -0.15) is 0 Å². The molecule has 4 heteroatoms. The minimum Gasteiger partial charge on any atom is -0.388 e. The first kappa shape index (κ1) is 12.4. The SMILES string of the molecule is CC1CCC(O)(CN2CCC(Br)C2=O)CC1. The predicted molar refractivity (Wildman–Crippen MR) is 66.5 cm³/mol. The zero-order valence-electron chi connectivity index (χ0n) is 9.79. The Morgan fingerprint density at radius 1 is 1.44 bits per heavy atom. The second kappa shape index (κ2) is 4.65. The summed E-state index contributed by atoms with van der Waals surface area (Å²) in [6.45, 7) is 3.54. The zero-order chi connectivity index (χ0) is 11.8. The molecule has 1 unspecified atom stereocenters. The fourth-order valence-electron chi connectivity index (χ4n) is 2.67. The lowest BCUT2D eigenvalue weighted by Crippen LogP contribution is -2.46. The molecule has 1 aliphatic heterocycles. The van der Waals surface area contributed by atoms with E-state index in [0.717, 1.165) is 44.6 Å². The third kappa shape index (κ3) is 2.59. The van der Waals surface area contributed by atoms with Crippen LogP contribution in [0.15, 0.2) is 0 Å². The molecule has 92 valence electrons. The second-order valence-corrected chi connectivity index (χ2v) is 6.53. The number of halogens is 1. The minimum absolute atomic E-state index is 0.0291. The van der Waals surface area contributed by atoms with E-state index in [9.17, 15) is 9.90 Å². The number of hydrogen-bond donors (Lipinski definition) is 1. The van der Waals surface area contributed by atoms with E-state index in [-0.39, 0.29) is 10.7 Å². The van der Waals surface area contributed by atoms with E-state index >= 15 is 0 Å². The van der Waals surface area contributed by atoms with Crippen molar-refractivity contribution in [2.24, 2.45) is 5.92 Å². The van der Waals surface area contributed by atoms with Crippen molar-refractivity contribution < 1.29 is 9.90 Å². The molecule has 0 radical (unpaired) electrons. The summed E-state index contributed by atoms with van der Waals surface area (Å²) in [6.07, 6.45) is 4.70. The van der Waals surface area contributed by atoms with Gasteiger partial charge >= 0.3 is 0 Å². The quantitative estimate of drug-likeness (QED) is 0.789. The summed E-state index contributed by atoms with van der Waals surface area (Å²) in [4.78, 5) is 13.5. The second-order valence-electron chi connectivity index (χ2n) is 5.42. The first-order valence-electron chi connectivity index (χ1n) is 6.15. The molecule has 0 aromatic carbocycles. The highest BCUT2D eigenvalue weighted by molar-refractivity contribution is 9.10. The highest BCUT2D eigenvalue weighted by atomic mass is 79.9. The highest BCUT2D eigenvalue weighted by Crippen LogP contribution is 2.33. The number of hydrogen-bond acceptors (Lipinski definition) is 2. The molecule has 2 rings (SSSR count). The van der Waals surface area contributed by atoms with Crippen LogP contribution in [0.5, 0.6) is 0 Å². The van der Waals surface area contributed by atoms with Gasteiger partial charge in [0, 0.05) is 13.1 Å². The van der Waals surface area contributed by atoms with E-state index in [2.05, 4.69) is 22.9 Å². The van der Waals surface area contributed by atoms with Crippen LogP contribution in [0.1, 0.15) is 39.0 Å². The van der Waals surface area contributed by atoms with Crippen molar-refractivity contribution in [3.63, 3.8) is 0 Å². The smallest absolute Gasteiger partial charge is 0.236 e. The lowest BCUT2D eigenvalue weighted by Gasteiger charge is -2.37. The Morgan fingerprint density at radius 2 is 2.06 bits per heavy atom. The summed E-state index contributed by atoms with van der Waals surface area (Å²) in [6, 6.07) is 0. The maximum Gasteiger partial charge on any atom is 0.236 e. The Labute approximate surface area is 105 Å². The molecule has 1 N–H and O–H groups in total. The van der Waals surface area contributed by atoms with Crippen LogP contribution in [-0.4, -0.2) is 39.4 Å². The van der Waals surface area contributed by atoms with Crippen molar-refractivity contribution >= 4 is 21.8 Å². The number of likely N-dealkylation sites (tertiary alicyclic amines) is 1. The largest absolute Gasteiger partial charge is 0.388 e. The normalized spacial score (nSPS) is 40.4. The molecular formula is C12H20BrNO2. The van der Waals surface area contributed by atoms with E-state index < -0.39 is 5.60 Å². The summed E-state index contributed by atoms with van der Waals surface area (Å²) >= 11 is 3.36. The Balaban J connectivity index is 1.91. The van der Waals surface area contributed by atoms with Crippen molar-refractivity contribution in [3.05, 3.63) is 0 Å². The minimum atomic E-state index is -0.626. The molecule has 3 nitrogen and oxygen atoms in total. The van der Waals surface area contributed by atoms with E-state index in [1.54, 1.807) is 0 Å². The predicted octanol–water partition coefficient (Wildman–Crippen LogP) is 1.92. The molecule has 16 heavy (non-hydrogen) atoms. The summed E-state index contributed by atoms with van der Waals surface area (Å²) in [5.41, 5.74) is -0.626. The van der Waals surface area contributed by atoms with Gasteiger partial charge in [0.1, 0.15) is 0 Å². The van der Waals surface area contributed by atoms with Crippen LogP contribution in [0.4, 0.5) is 0 Å². The standard InChI is InChI=1S/C12H20BrNO2/c1-9-2-5-12(16,6-3-9)8-14-7-4-10(13)11(14)15/h9-10,16H,2-8H2,1H3. The monoisotopic (exact) mass is 289 g/mol. The maximum absolute atomic E-state index is 11.8.